The number of sulfonamides is 4. The molecule has 4 saturated heterocycles. The molecular formula is C102H121F2N21O16S4. The van der Waals surface area contributed by atoms with Crippen molar-refractivity contribution in [3.63, 3.8) is 0 Å². The lowest BCUT2D eigenvalue weighted by atomic mass is 9.94. The zero-order valence-corrected chi connectivity index (χ0v) is 86.7. The van der Waals surface area contributed by atoms with Gasteiger partial charge < -0.3 is 55.6 Å². The lowest BCUT2D eigenvalue weighted by Crippen LogP contribution is -2.43. The molecule has 3 unspecified atom stereocenters. The quantitative estimate of drug-likeness (QED) is 0.0226. The first-order chi connectivity index (χ1) is 68.4. The molecule has 9 aromatic heterocycles. The summed E-state index contributed by atoms with van der Waals surface area (Å²) in [7, 11) is -15.6. The summed E-state index contributed by atoms with van der Waals surface area (Å²) >= 11 is 0. The summed E-state index contributed by atoms with van der Waals surface area (Å²) in [6, 6.07) is 38.7. The highest BCUT2D eigenvalue weighted by atomic mass is 32.2. The molecule has 5 atom stereocenters. The van der Waals surface area contributed by atoms with Crippen molar-refractivity contribution < 1.29 is 75.8 Å². The van der Waals surface area contributed by atoms with E-state index in [2.05, 4.69) is 120 Å². The van der Waals surface area contributed by atoms with Gasteiger partial charge in [-0.05, 0) is 251 Å². The molecule has 11 aromatic rings. The summed E-state index contributed by atoms with van der Waals surface area (Å²) in [5.41, 5.74) is 15.1. The first-order valence-electron chi connectivity index (χ1n) is 47.2. The Labute approximate surface area is 843 Å². The lowest BCUT2D eigenvalue weighted by molar-refractivity contribution is 0.0972. The van der Waals surface area contributed by atoms with Crippen LogP contribution in [0.4, 0.5) is 49.5 Å². The Hall–Kier alpha value is -14.5. The summed E-state index contributed by atoms with van der Waals surface area (Å²) in [5, 5.41) is 2.46. The van der Waals surface area contributed by atoms with Gasteiger partial charge in [-0.2, -0.15) is 16.8 Å². The van der Waals surface area contributed by atoms with Crippen LogP contribution in [0.1, 0.15) is 183 Å². The van der Waals surface area contributed by atoms with Crippen molar-refractivity contribution in [2.75, 3.05) is 89.4 Å². The number of rotatable bonds is 28. The number of nitrogens with zero attached hydrogens (tertiary/aromatic N) is 13. The predicted molar refractivity (Wildman–Crippen MR) is 551 cm³/mol. The largest absolute Gasteiger partial charge is 0.493 e. The van der Waals surface area contributed by atoms with Crippen molar-refractivity contribution >= 4 is 110 Å². The third-order valence-corrected chi connectivity index (χ3v) is 30.1. The van der Waals surface area contributed by atoms with E-state index >= 15 is 0 Å². The number of hydrogen-bond acceptors (Lipinski definition) is 32. The second-order valence-corrected chi connectivity index (χ2v) is 45.3. The number of methoxy groups -OCH3 is 1. The van der Waals surface area contributed by atoms with E-state index in [9.17, 15) is 66.4 Å². The number of carbonyl (C=O) groups excluding carboxylic acids is 4. The number of benzene rings is 2. The number of piperidine rings is 1. The molecule has 0 spiro atoms. The van der Waals surface area contributed by atoms with Crippen molar-refractivity contribution in [2.24, 2.45) is 34.6 Å². The number of aromatic nitrogens is 9. The molecule has 10 N–H and O–H groups in total. The molecule has 4 fully saturated rings. The van der Waals surface area contributed by atoms with Gasteiger partial charge in [-0.15, -0.1) is 0 Å². The van der Waals surface area contributed by atoms with E-state index in [4.69, 9.17) is 40.6 Å². The molecule has 0 saturated carbocycles. The molecule has 4 amide bonds. The monoisotopic (exact) mass is 2060 g/mol. The second-order valence-electron chi connectivity index (χ2n) is 38.8. The number of pyridine rings is 9. The summed E-state index contributed by atoms with van der Waals surface area (Å²) in [6.07, 6.45) is 13.3. The Bertz CT molecular complexity index is 7320. The Balaban J connectivity index is 0.000000162. The minimum absolute atomic E-state index is 0.0139. The average molecular weight is 2060 g/mol. The van der Waals surface area contributed by atoms with Crippen LogP contribution in [0.3, 0.4) is 0 Å². The SMILES string of the molecule is CC(C)COc1cc(F)cc(-c2ccc(C(=O)NS(=O)(=O)c3cccc(N)n3)c(N3CC(C)CCC3C)n2)c1.CC1CN(c2ncccc2C(=O)NS(=O)(=O)c2cccc(NCC3=NC=CC3)n2)C(C)(C)C1.CCOc1cc(F)ccc1-c1ccc(C(=O)NS(=O)(=O)c2ccc[nH]c2=O)c(N2C[C@@H](C)CC2(C)C)n1.COc1ccc(-c2ccc(C(=O)NS(=O)(=O)c3cccnc3N)c(N3C[C@@H](C)CC3(C)C)n2)c(C)n1. The number of amides is 4. The van der Waals surface area contributed by atoms with Gasteiger partial charge in [0.2, 0.25) is 5.88 Å². The molecule has 5 aliphatic heterocycles. The number of hydrogen-bond donors (Lipinski definition) is 8. The summed E-state index contributed by atoms with van der Waals surface area (Å²) in [6.45, 7) is 34.4. The van der Waals surface area contributed by atoms with Crippen LogP contribution in [0.15, 0.2) is 218 Å². The molecule has 0 bridgehead atoms. The van der Waals surface area contributed by atoms with Crippen molar-refractivity contribution in [1.82, 2.24) is 63.7 Å². The van der Waals surface area contributed by atoms with Gasteiger partial charge in [0.15, 0.2) is 14.9 Å². The molecule has 145 heavy (non-hydrogen) atoms. The number of nitrogen functional groups attached to an aromatic ring is 2. The zero-order chi connectivity index (χ0) is 105. The lowest BCUT2D eigenvalue weighted by Gasteiger charge is -2.38. The van der Waals surface area contributed by atoms with Gasteiger partial charge in [-0.25, -0.2) is 84.4 Å². The Morgan fingerprint density at radius 2 is 1.05 bits per heavy atom. The fourth-order valence-electron chi connectivity index (χ4n) is 18.3. The minimum Gasteiger partial charge on any atom is -0.493 e. The fourth-order valence-corrected chi connectivity index (χ4v) is 22.3. The van der Waals surface area contributed by atoms with Crippen LogP contribution < -0.4 is 75.0 Å². The standard InChI is InChI=1S/C28H34FN5O4S.C26H29FN4O5S.C25H30N6O4S.C23H28N6O3S/c1-17(2)16-38-22-13-20(12-21(29)14-22)24-11-10-23(27(31-24)34-15-18(3)8-9-19(34)4)28(35)33-39(36,37)26-7-5-6-25(30)32-26;1-5-36-21-13-17(27)8-9-18(21)20-11-10-19(23(29-20)31-15-16(2)14-26(31,3)4)24(32)30-37(34,35)22-7-6-12-28-25(22)33;1-15-13-25(3,4)31(14-15)23-18(24(32)30-36(33,34)20-7-6-12-27-22(20)26)8-10-19(29-23)17-9-11-21(35-5)28-16(17)2;1-16-13-23(2,3)29(15-16)21-18(8-6-12-25-21)22(30)28-33(31,32)20-10-4-9-19(27-20)26-14-17-7-5-11-24-17/h5-7,10-14,17-19H,8-9,15-16H2,1-4H3,(H2,30,32)(H,33,35);6-13,16H,5,14-15H2,1-4H3,(H,28,33)(H,30,32);6-12,15H,13-14H2,1-5H3,(H2,26,27)(H,30,32);4-6,8-12,16H,7,13-15H2,1-3H3,(H,26,27)(H,28,30)/t;16-;15-;/m.00./s1. The normalized spacial score (nSPS) is 17.8. The molecule has 768 valence electrons. The Morgan fingerprint density at radius 1 is 0.524 bits per heavy atom. The summed E-state index contributed by atoms with van der Waals surface area (Å²) in [5.74, 6) is 0.347. The zero-order valence-electron chi connectivity index (χ0n) is 83.4. The number of ether oxygens (including phenoxy) is 3. The van der Waals surface area contributed by atoms with Crippen LogP contribution >= 0.6 is 0 Å². The van der Waals surface area contributed by atoms with E-state index in [1.807, 2.05) is 68.2 Å². The van der Waals surface area contributed by atoms with Crippen LogP contribution in [0.25, 0.3) is 33.8 Å². The van der Waals surface area contributed by atoms with Crippen molar-refractivity contribution in [2.45, 2.75) is 185 Å². The van der Waals surface area contributed by atoms with E-state index in [1.54, 1.807) is 93.2 Å². The van der Waals surface area contributed by atoms with Gasteiger partial charge in [0.25, 0.3) is 69.3 Å². The summed E-state index contributed by atoms with van der Waals surface area (Å²) < 4.78 is 157. The predicted octanol–water partition coefficient (Wildman–Crippen LogP) is 14.5. The number of carbonyl (C=O) groups is 4. The van der Waals surface area contributed by atoms with Crippen LogP contribution in [0.2, 0.25) is 0 Å². The topological polar surface area (TPSA) is 506 Å². The average Bonchev–Trinajstić information content (AvgIpc) is 1.72. The summed E-state index contributed by atoms with van der Waals surface area (Å²) in [4.78, 5) is 114. The smallest absolute Gasteiger partial charge is 0.281 e. The van der Waals surface area contributed by atoms with E-state index < -0.39 is 85.8 Å². The van der Waals surface area contributed by atoms with Gasteiger partial charge in [-0.1, -0.05) is 59.8 Å². The third kappa shape index (κ3) is 26.2. The number of nitrogens with one attached hydrogen (secondary N) is 6. The molecule has 16 rings (SSSR count). The van der Waals surface area contributed by atoms with Gasteiger partial charge in [0.1, 0.15) is 68.8 Å². The number of nitrogens with two attached hydrogens (primary N) is 2. The number of allylic oxidation sites excluding steroid dienone is 1. The van der Waals surface area contributed by atoms with E-state index in [-0.39, 0.29) is 83.2 Å². The van der Waals surface area contributed by atoms with Crippen LogP contribution in [0.5, 0.6) is 17.4 Å². The van der Waals surface area contributed by atoms with E-state index in [0.29, 0.717) is 138 Å². The van der Waals surface area contributed by atoms with Crippen molar-refractivity contribution in [3.05, 3.63) is 239 Å². The fraction of sp³-hybridized carbons (Fsp3) is 0.373. The molecule has 37 nitrogen and oxygen atoms in total. The van der Waals surface area contributed by atoms with Gasteiger partial charge >= 0.3 is 0 Å². The van der Waals surface area contributed by atoms with Crippen LogP contribution in [0, 0.1) is 48.1 Å². The first-order valence-corrected chi connectivity index (χ1v) is 53.1. The number of aryl methyl sites for hydroxylation is 1. The maximum atomic E-state index is 14.5. The maximum Gasteiger partial charge on any atom is 0.281 e. The van der Waals surface area contributed by atoms with Gasteiger partial charge in [0.05, 0.1) is 71.9 Å². The van der Waals surface area contributed by atoms with E-state index in [0.717, 1.165) is 62.4 Å². The molecular weight excluding hydrogens is 1940 g/mol. The maximum absolute atomic E-state index is 14.5. The number of anilines is 7. The first kappa shape index (κ1) is 108. The van der Waals surface area contributed by atoms with E-state index in [1.165, 1.54) is 91.3 Å². The van der Waals surface area contributed by atoms with Crippen LogP contribution in [-0.2, 0) is 40.1 Å². The Kier molecular flexibility index (Phi) is 33.3. The third-order valence-electron chi connectivity index (χ3n) is 24.9. The number of aromatic amines is 1. The van der Waals surface area contributed by atoms with Gasteiger partial charge in [0, 0.05) is 121 Å². The molecule has 14 heterocycles. The van der Waals surface area contributed by atoms with Crippen LogP contribution in [-0.4, -0.2) is 184 Å². The van der Waals surface area contributed by atoms with Gasteiger partial charge in [-0.3, -0.25) is 29.0 Å². The highest BCUT2D eigenvalue weighted by molar-refractivity contribution is 7.91. The highest BCUT2D eigenvalue weighted by Gasteiger charge is 2.44. The molecule has 43 heteroatoms. The molecule has 0 aliphatic carbocycles. The number of aliphatic imine (C=N–C) groups is 1. The Morgan fingerprint density at radius 3 is 1.59 bits per heavy atom. The highest BCUT2D eigenvalue weighted by Crippen LogP contribution is 2.44. The molecule has 5 aliphatic rings. The minimum atomic E-state index is -4.45. The number of halogens is 2. The molecule has 0 radical (unpaired) electrons. The second kappa shape index (κ2) is 44.8. The number of H-pyrrole nitrogens is 1. The molecule has 2 aromatic carbocycles. The van der Waals surface area contributed by atoms with Crippen molar-refractivity contribution in [3.8, 4) is 51.2 Å². The van der Waals surface area contributed by atoms with Crippen molar-refractivity contribution in [1.29, 1.82) is 0 Å².